The summed E-state index contributed by atoms with van der Waals surface area (Å²) in [6.07, 6.45) is 5.21. The predicted molar refractivity (Wildman–Crippen MR) is 125 cm³/mol. The molecule has 0 unspecified atom stereocenters. The lowest BCUT2D eigenvalue weighted by Gasteiger charge is -2.37. The normalized spacial score (nSPS) is 30.2. The highest BCUT2D eigenvalue weighted by Gasteiger charge is 2.68. The molecule has 172 valence electrons. The predicted octanol–water partition coefficient (Wildman–Crippen LogP) is 3.94. The number of allylic oxidation sites excluding steroid dienone is 2. The van der Waals surface area contributed by atoms with Gasteiger partial charge in [0.1, 0.15) is 6.54 Å². The Morgan fingerprint density at radius 1 is 0.882 bits per heavy atom. The van der Waals surface area contributed by atoms with Crippen molar-refractivity contribution in [3.8, 4) is 0 Å². The lowest BCUT2D eigenvalue weighted by molar-refractivity contribution is -0.154. The van der Waals surface area contributed by atoms with E-state index in [2.05, 4.69) is 12.2 Å². The number of halogens is 1. The van der Waals surface area contributed by atoms with Crippen molar-refractivity contribution in [3.05, 3.63) is 82.4 Å². The van der Waals surface area contributed by atoms with Crippen LogP contribution in [0.1, 0.15) is 32.7 Å². The van der Waals surface area contributed by atoms with Gasteiger partial charge in [-0.3, -0.25) is 19.2 Å². The molecule has 34 heavy (non-hydrogen) atoms. The molecule has 6 atom stereocenters. The monoisotopic (exact) mass is 474 g/mol. The summed E-state index contributed by atoms with van der Waals surface area (Å²) in [6, 6.07) is 13.2. The average molecular weight is 475 g/mol. The molecule has 1 saturated heterocycles. The molecule has 2 aromatic carbocycles. The molecule has 7 heteroatoms. The highest BCUT2D eigenvalue weighted by molar-refractivity contribution is 6.30. The van der Waals surface area contributed by atoms with Crippen LogP contribution in [-0.2, 0) is 9.59 Å². The van der Waals surface area contributed by atoms with Crippen molar-refractivity contribution < 1.29 is 19.2 Å². The standard InChI is InChI=1S/C27H23ClN2O4/c1-14-2-4-15(5-3-14)22(31)13-29(25(32)16-6-8-17(28)9-7-16)30-26(33)23-18-10-11-19(21-12-20(18)21)24(23)27(30)34/h2-11,18-21,23-24H,12-13H2,1H3/t18-,19-,20-,21-,23-,24+/m0/s1. The minimum atomic E-state index is -0.581. The number of carbonyl (C=O) groups is 4. The second kappa shape index (κ2) is 7.64. The van der Waals surface area contributed by atoms with Crippen LogP contribution in [0.2, 0.25) is 5.02 Å². The first-order chi connectivity index (χ1) is 16.3. The summed E-state index contributed by atoms with van der Waals surface area (Å²) >= 11 is 5.98. The fourth-order valence-corrected chi connectivity index (χ4v) is 6.25. The number of rotatable bonds is 5. The smallest absolute Gasteiger partial charge is 0.273 e. The number of amides is 3. The number of Topliss-reactive ketones (excluding diaryl/α,β-unsaturated/α-hetero) is 1. The van der Waals surface area contributed by atoms with E-state index in [1.165, 1.54) is 12.1 Å². The first kappa shape index (κ1) is 21.3. The Balaban J connectivity index is 1.36. The molecular weight excluding hydrogens is 452 g/mol. The van der Waals surface area contributed by atoms with Crippen molar-refractivity contribution in [2.45, 2.75) is 13.3 Å². The van der Waals surface area contributed by atoms with Crippen LogP contribution in [0.5, 0.6) is 0 Å². The van der Waals surface area contributed by atoms with Gasteiger partial charge < -0.3 is 0 Å². The van der Waals surface area contributed by atoms with E-state index in [9.17, 15) is 19.2 Å². The number of aryl methyl sites for hydroxylation is 1. The topological polar surface area (TPSA) is 74.8 Å². The Kier molecular flexibility index (Phi) is 4.78. The van der Waals surface area contributed by atoms with E-state index in [4.69, 9.17) is 11.6 Å². The Morgan fingerprint density at radius 3 is 1.97 bits per heavy atom. The van der Waals surface area contributed by atoms with Gasteiger partial charge in [0.05, 0.1) is 11.8 Å². The Morgan fingerprint density at radius 2 is 1.41 bits per heavy atom. The molecule has 1 heterocycles. The highest BCUT2D eigenvalue weighted by Crippen LogP contribution is 2.65. The van der Waals surface area contributed by atoms with E-state index < -0.39 is 24.3 Å². The summed E-state index contributed by atoms with van der Waals surface area (Å²) in [4.78, 5) is 54.0. The second-order valence-corrected chi connectivity index (χ2v) is 10.2. The van der Waals surface area contributed by atoms with Crippen LogP contribution in [0.25, 0.3) is 0 Å². The van der Waals surface area contributed by atoms with Crippen LogP contribution in [-0.4, -0.2) is 40.1 Å². The van der Waals surface area contributed by atoms with Crippen molar-refractivity contribution in [1.29, 1.82) is 0 Å². The van der Waals surface area contributed by atoms with Gasteiger partial charge in [-0.2, -0.15) is 5.01 Å². The van der Waals surface area contributed by atoms with E-state index in [0.29, 0.717) is 22.4 Å². The summed E-state index contributed by atoms with van der Waals surface area (Å²) in [5, 5.41) is 2.47. The maximum absolute atomic E-state index is 13.6. The number of ketones is 1. The molecule has 0 spiro atoms. The Bertz CT molecular complexity index is 1220. The van der Waals surface area contributed by atoms with Gasteiger partial charge in [-0.05, 0) is 61.3 Å². The van der Waals surface area contributed by atoms with E-state index in [0.717, 1.165) is 22.0 Å². The molecule has 3 fully saturated rings. The molecule has 0 aromatic heterocycles. The van der Waals surface area contributed by atoms with Gasteiger partial charge in [0.2, 0.25) is 0 Å². The largest absolute Gasteiger partial charge is 0.292 e. The summed E-state index contributed by atoms with van der Waals surface area (Å²) in [7, 11) is 0. The first-order valence-corrected chi connectivity index (χ1v) is 12.0. The number of imide groups is 1. The first-order valence-electron chi connectivity index (χ1n) is 11.6. The lowest BCUT2D eigenvalue weighted by atomic mass is 9.63. The zero-order chi connectivity index (χ0) is 23.7. The van der Waals surface area contributed by atoms with Crippen LogP contribution in [0.15, 0.2) is 60.7 Å². The molecule has 2 saturated carbocycles. The van der Waals surface area contributed by atoms with Crippen LogP contribution in [0.4, 0.5) is 0 Å². The highest BCUT2D eigenvalue weighted by atomic mass is 35.5. The van der Waals surface area contributed by atoms with Gasteiger partial charge in [0.25, 0.3) is 17.7 Å². The molecule has 1 aliphatic heterocycles. The molecule has 0 radical (unpaired) electrons. The number of hydrogen-bond acceptors (Lipinski definition) is 4. The maximum Gasteiger partial charge on any atom is 0.273 e. The third-order valence-electron chi connectivity index (χ3n) is 7.87. The fraction of sp³-hybridized carbons (Fsp3) is 0.333. The molecule has 7 rings (SSSR count). The molecule has 6 nitrogen and oxygen atoms in total. The van der Waals surface area contributed by atoms with Gasteiger partial charge >= 0.3 is 0 Å². The Hall–Kier alpha value is -3.25. The molecule has 4 aliphatic carbocycles. The summed E-state index contributed by atoms with van der Waals surface area (Å²) in [6.45, 7) is 1.51. The van der Waals surface area contributed by atoms with Crippen molar-refractivity contribution in [2.24, 2.45) is 35.5 Å². The SMILES string of the molecule is Cc1ccc(C(=O)CN(C(=O)c2ccc(Cl)cc2)N2C(=O)[C@@H]3[C@H]4C=C[C@@H]([C@@H]5C[C@@H]45)[C@@H]3C2=O)cc1. The zero-order valence-electron chi connectivity index (χ0n) is 18.6. The molecule has 2 bridgehead atoms. The minimum absolute atomic E-state index is 0.0294. The number of hydrazine groups is 1. The molecule has 2 aromatic rings. The number of nitrogens with zero attached hydrogens (tertiary/aromatic N) is 2. The minimum Gasteiger partial charge on any atom is -0.292 e. The molecule has 0 N–H and O–H groups in total. The second-order valence-electron chi connectivity index (χ2n) is 9.80. The van der Waals surface area contributed by atoms with Gasteiger partial charge in [-0.1, -0.05) is 53.6 Å². The maximum atomic E-state index is 13.6. The van der Waals surface area contributed by atoms with E-state index in [1.807, 2.05) is 19.1 Å². The Labute approximate surface area is 202 Å². The summed E-state index contributed by atoms with van der Waals surface area (Å²) < 4.78 is 0. The molecular formula is C27H23ClN2O4. The molecule has 3 amide bonds. The zero-order valence-corrected chi connectivity index (χ0v) is 19.3. The van der Waals surface area contributed by atoms with Crippen molar-refractivity contribution in [3.63, 3.8) is 0 Å². The summed E-state index contributed by atoms with van der Waals surface area (Å²) in [5.41, 5.74) is 1.67. The van der Waals surface area contributed by atoms with Gasteiger partial charge in [0.15, 0.2) is 5.78 Å². The summed E-state index contributed by atoms with van der Waals surface area (Å²) in [5.74, 6) is -1.64. The number of hydrogen-bond donors (Lipinski definition) is 0. The van der Waals surface area contributed by atoms with E-state index >= 15 is 0 Å². The molecule has 5 aliphatic rings. The van der Waals surface area contributed by atoms with Crippen LogP contribution >= 0.6 is 11.6 Å². The van der Waals surface area contributed by atoms with Crippen LogP contribution in [0, 0.1) is 42.4 Å². The van der Waals surface area contributed by atoms with Gasteiger partial charge in [0, 0.05) is 16.1 Å². The third-order valence-corrected chi connectivity index (χ3v) is 8.13. The van der Waals surface area contributed by atoms with E-state index in [1.54, 1.807) is 24.3 Å². The van der Waals surface area contributed by atoms with Crippen LogP contribution in [0.3, 0.4) is 0 Å². The quantitative estimate of drug-likeness (QED) is 0.373. The van der Waals surface area contributed by atoms with E-state index in [-0.39, 0.29) is 35.0 Å². The number of carbonyl (C=O) groups excluding carboxylic acids is 4. The van der Waals surface area contributed by atoms with Crippen molar-refractivity contribution in [2.75, 3.05) is 6.54 Å². The van der Waals surface area contributed by atoms with Gasteiger partial charge in [-0.25, -0.2) is 5.01 Å². The average Bonchev–Trinajstić information content (AvgIpc) is 3.62. The van der Waals surface area contributed by atoms with Crippen molar-refractivity contribution in [1.82, 2.24) is 10.0 Å². The lowest BCUT2D eigenvalue weighted by Crippen LogP contribution is -2.52. The van der Waals surface area contributed by atoms with Crippen LogP contribution < -0.4 is 0 Å². The third kappa shape index (κ3) is 3.16. The van der Waals surface area contributed by atoms with Gasteiger partial charge in [-0.15, -0.1) is 0 Å². The number of benzene rings is 2. The van der Waals surface area contributed by atoms with Crippen molar-refractivity contribution >= 4 is 35.1 Å². The fourth-order valence-electron chi connectivity index (χ4n) is 6.12.